The largest absolute Gasteiger partial charge is 0.308 e. The molecule has 1 N–H and O–H groups in total. The molecule has 0 radical (unpaired) electrons. The predicted octanol–water partition coefficient (Wildman–Crippen LogP) is 4.73. The van der Waals surface area contributed by atoms with Crippen molar-refractivity contribution in [1.29, 1.82) is 0 Å². The summed E-state index contributed by atoms with van der Waals surface area (Å²) in [5.74, 6) is 0. The molecule has 0 amide bonds. The molecule has 1 atom stereocenters. The fraction of sp³-hybridized carbons (Fsp3) is 0.357. The molecule has 0 aliphatic rings. The highest BCUT2D eigenvalue weighted by Crippen LogP contribution is 2.26. The fourth-order valence-electron chi connectivity index (χ4n) is 1.91. The van der Waals surface area contributed by atoms with E-state index in [1.165, 1.54) is 0 Å². The van der Waals surface area contributed by atoms with Crippen LogP contribution < -0.4 is 5.32 Å². The molecule has 2 rings (SSSR count). The van der Waals surface area contributed by atoms with E-state index < -0.39 is 0 Å². The Morgan fingerprint density at radius 1 is 1.37 bits per heavy atom. The van der Waals surface area contributed by atoms with Crippen LogP contribution in [0.25, 0.3) is 0 Å². The number of hydrogen-bond donors (Lipinski definition) is 1. The maximum Gasteiger partial charge on any atom is 0.0795 e. The number of halogens is 2. The highest BCUT2D eigenvalue weighted by molar-refractivity contribution is 7.07. The molecule has 0 aliphatic heterocycles. The molecule has 2 nitrogen and oxygen atoms in total. The van der Waals surface area contributed by atoms with Gasteiger partial charge in [-0.2, -0.15) is 0 Å². The van der Waals surface area contributed by atoms with Crippen molar-refractivity contribution < 1.29 is 0 Å². The maximum absolute atomic E-state index is 6.23. The first kappa shape index (κ1) is 14.8. The molecule has 1 heterocycles. The SMILES string of the molecule is CCCNC(Cc1cc(Cl)ccc1Cl)c1cscn1. The molecule has 0 fully saturated rings. The van der Waals surface area contributed by atoms with Crippen molar-refractivity contribution in [2.24, 2.45) is 0 Å². The van der Waals surface area contributed by atoms with E-state index in [9.17, 15) is 0 Å². The zero-order valence-corrected chi connectivity index (χ0v) is 13.0. The minimum Gasteiger partial charge on any atom is -0.308 e. The summed E-state index contributed by atoms with van der Waals surface area (Å²) in [6.45, 7) is 3.11. The first-order chi connectivity index (χ1) is 9.20. The average Bonchev–Trinajstić information content (AvgIpc) is 2.92. The number of nitrogens with zero attached hydrogens (tertiary/aromatic N) is 1. The van der Waals surface area contributed by atoms with Gasteiger partial charge in [-0.05, 0) is 43.1 Å². The summed E-state index contributed by atoms with van der Waals surface area (Å²) in [4.78, 5) is 4.40. The summed E-state index contributed by atoms with van der Waals surface area (Å²) >= 11 is 13.9. The van der Waals surface area contributed by atoms with E-state index in [-0.39, 0.29) is 6.04 Å². The van der Waals surface area contributed by atoms with Gasteiger partial charge in [0.1, 0.15) is 0 Å². The lowest BCUT2D eigenvalue weighted by atomic mass is 10.0. The molecule has 1 aromatic carbocycles. The molecule has 0 bridgehead atoms. The summed E-state index contributed by atoms with van der Waals surface area (Å²) in [6.07, 6.45) is 1.88. The molecule has 2 aromatic rings. The van der Waals surface area contributed by atoms with Gasteiger partial charge in [0, 0.05) is 15.4 Å². The monoisotopic (exact) mass is 314 g/mol. The zero-order valence-electron chi connectivity index (χ0n) is 10.7. The summed E-state index contributed by atoms with van der Waals surface area (Å²) < 4.78 is 0. The minimum absolute atomic E-state index is 0.183. The topological polar surface area (TPSA) is 24.9 Å². The standard InChI is InChI=1S/C14H16Cl2N2S/c1-2-5-17-13(14-8-19-9-18-14)7-10-6-11(15)3-4-12(10)16/h3-4,6,8-9,13,17H,2,5,7H2,1H3. The number of hydrogen-bond acceptors (Lipinski definition) is 3. The van der Waals surface area contributed by atoms with Crippen LogP contribution in [0.15, 0.2) is 29.1 Å². The molecular formula is C14H16Cl2N2S. The second kappa shape index (κ2) is 7.25. The van der Waals surface area contributed by atoms with Crippen LogP contribution in [-0.2, 0) is 6.42 Å². The van der Waals surface area contributed by atoms with Crippen molar-refractivity contribution in [3.05, 3.63) is 50.4 Å². The number of rotatable bonds is 6. The third kappa shape index (κ3) is 4.18. The van der Waals surface area contributed by atoms with Crippen molar-refractivity contribution >= 4 is 34.5 Å². The van der Waals surface area contributed by atoms with E-state index >= 15 is 0 Å². The van der Waals surface area contributed by atoms with Gasteiger partial charge in [-0.3, -0.25) is 0 Å². The average molecular weight is 315 g/mol. The van der Waals surface area contributed by atoms with Gasteiger partial charge in [-0.1, -0.05) is 30.1 Å². The normalized spacial score (nSPS) is 12.6. The Hall–Kier alpha value is -0.610. The fourth-order valence-corrected chi connectivity index (χ4v) is 2.91. The van der Waals surface area contributed by atoms with Gasteiger partial charge in [-0.15, -0.1) is 11.3 Å². The molecule has 0 spiro atoms. The summed E-state index contributed by atoms with van der Waals surface area (Å²) in [6, 6.07) is 5.76. The van der Waals surface area contributed by atoms with Gasteiger partial charge in [0.2, 0.25) is 0 Å². The quantitative estimate of drug-likeness (QED) is 0.833. The first-order valence-electron chi connectivity index (χ1n) is 6.26. The van der Waals surface area contributed by atoms with Gasteiger partial charge in [0.15, 0.2) is 0 Å². The van der Waals surface area contributed by atoms with Crippen LogP contribution in [0.1, 0.15) is 30.6 Å². The molecule has 102 valence electrons. The highest BCUT2D eigenvalue weighted by atomic mass is 35.5. The van der Waals surface area contributed by atoms with Crippen LogP contribution in [0.3, 0.4) is 0 Å². The van der Waals surface area contributed by atoms with Crippen LogP contribution in [0, 0.1) is 0 Å². The van der Waals surface area contributed by atoms with Crippen LogP contribution >= 0.6 is 34.5 Å². The Labute approximate surface area is 127 Å². The predicted molar refractivity (Wildman–Crippen MR) is 83.3 cm³/mol. The third-order valence-electron chi connectivity index (χ3n) is 2.88. The van der Waals surface area contributed by atoms with Gasteiger partial charge in [0.05, 0.1) is 17.2 Å². The highest BCUT2D eigenvalue weighted by Gasteiger charge is 2.15. The Morgan fingerprint density at radius 2 is 2.21 bits per heavy atom. The Morgan fingerprint density at radius 3 is 2.89 bits per heavy atom. The van der Waals surface area contributed by atoms with Crippen LogP contribution in [0.4, 0.5) is 0 Å². The number of benzene rings is 1. The van der Waals surface area contributed by atoms with Crippen LogP contribution in [0.2, 0.25) is 10.0 Å². The van der Waals surface area contributed by atoms with E-state index in [1.807, 2.05) is 23.7 Å². The minimum atomic E-state index is 0.183. The van der Waals surface area contributed by atoms with Crippen molar-refractivity contribution in [2.75, 3.05) is 6.54 Å². The first-order valence-corrected chi connectivity index (χ1v) is 7.96. The molecule has 5 heteroatoms. The zero-order chi connectivity index (χ0) is 13.7. The lowest BCUT2D eigenvalue weighted by Gasteiger charge is -2.17. The molecule has 0 saturated carbocycles. The van der Waals surface area contributed by atoms with E-state index in [1.54, 1.807) is 11.3 Å². The second-order valence-electron chi connectivity index (χ2n) is 4.36. The number of aromatic nitrogens is 1. The van der Waals surface area contributed by atoms with Gasteiger partial charge in [-0.25, -0.2) is 4.98 Å². The third-order valence-corrected chi connectivity index (χ3v) is 4.09. The second-order valence-corrected chi connectivity index (χ2v) is 5.92. The summed E-state index contributed by atoms with van der Waals surface area (Å²) in [5, 5.41) is 7.05. The van der Waals surface area contributed by atoms with Crippen molar-refractivity contribution in [2.45, 2.75) is 25.8 Å². The van der Waals surface area contributed by atoms with E-state index in [2.05, 4.69) is 22.6 Å². The number of nitrogens with one attached hydrogen (secondary N) is 1. The molecule has 19 heavy (non-hydrogen) atoms. The van der Waals surface area contributed by atoms with Crippen molar-refractivity contribution in [1.82, 2.24) is 10.3 Å². The van der Waals surface area contributed by atoms with Crippen LogP contribution in [-0.4, -0.2) is 11.5 Å². The molecular weight excluding hydrogens is 299 g/mol. The summed E-state index contributed by atoms with van der Waals surface area (Å²) in [5.41, 5.74) is 3.97. The molecule has 0 saturated heterocycles. The molecule has 1 aromatic heterocycles. The molecule has 0 aliphatic carbocycles. The van der Waals surface area contributed by atoms with Gasteiger partial charge in [0.25, 0.3) is 0 Å². The molecule has 1 unspecified atom stereocenters. The number of thiazole rings is 1. The maximum atomic E-state index is 6.23. The smallest absolute Gasteiger partial charge is 0.0795 e. The Balaban J connectivity index is 2.17. The Kier molecular flexibility index (Phi) is 5.64. The van der Waals surface area contributed by atoms with Crippen LogP contribution in [0.5, 0.6) is 0 Å². The van der Waals surface area contributed by atoms with E-state index in [4.69, 9.17) is 23.2 Å². The van der Waals surface area contributed by atoms with Crippen molar-refractivity contribution in [3.63, 3.8) is 0 Å². The summed E-state index contributed by atoms with van der Waals surface area (Å²) in [7, 11) is 0. The van der Waals surface area contributed by atoms with E-state index in [0.717, 1.165) is 35.7 Å². The Bertz CT molecular complexity index is 514. The lowest BCUT2D eigenvalue weighted by Crippen LogP contribution is -2.24. The lowest BCUT2D eigenvalue weighted by molar-refractivity contribution is 0.520. The van der Waals surface area contributed by atoms with Gasteiger partial charge < -0.3 is 5.32 Å². The van der Waals surface area contributed by atoms with Crippen molar-refractivity contribution in [3.8, 4) is 0 Å². The van der Waals surface area contributed by atoms with Gasteiger partial charge >= 0.3 is 0 Å². The van der Waals surface area contributed by atoms with E-state index in [0.29, 0.717) is 5.02 Å².